The summed E-state index contributed by atoms with van der Waals surface area (Å²) in [6, 6.07) is 70.2. The molecule has 0 spiro atoms. The molecule has 0 bridgehead atoms. The van der Waals surface area contributed by atoms with Gasteiger partial charge in [0, 0.05) is 66.8 Å². The van der Waals surface area contributed by atoms with Crippen molar-refractivity contribution in [2.75, 3.05) is 10.2 Å². The van der Waals surface area contributed by atoms with Crippen molar-refractivity contribution in [1.82, 2.24) is 4.57 Å². The van der Waals surface area contributed by atoms with E-state index in [-0.39, 0.29) is 10.8 Å². The summed E-state index contributed by atoms with van der Waals surface area (Å²) in [4.78, 5) is 2.36. The number of anilines is 5. The number of aryl methyl sites for hydroxylation is 1. The van der Waals surface area contributed by atoms with Gasteiger partial charge in [-0.05, 0) is 123 Å². The van der Waals surface area contributed by atoms with Gasteiger partial charge in [0.05, 0.1) is 5.52 Å². The Hall–Kier alpha value is -7.56. The lowest BCUT2D eigenvalue weighted by molar-refractivity contribution is 0.631. The number of nitrogens with zero attached hydrogens (tertiary/aromatic N) is 2. The average molecular weight is 834 g/mol. The molecular weight excluding hydrogens is 786 g/mol. The Morgan fingerprint density at radius 3 is 1.91 bits per heavy atom. The molecule has 0 unspecified atom stereocenters. The summed E-state index contributed by atoms with van der Waals surface area (Å²) in [5.74, 6) is 0. The first-order valence-electron chi connectivity index (χ1n) is 23.1. The van der Waals surface area contributed by atoms with Crippen LogP contribution in [-0.2, 0) is 10.8 Å². The average Bonchev–Trinajstić information content (AvgIpc) is 3.80. The number of para-hydroxylation sites is 4. The van der Waals surface area contributed by atoms with E-state index in [0.29, 0.717) is 0 Å². The number of nitrogens with one attached hydrogen (secondary N) is 1. The lowest BCUT2D eigenvalue weighted by Gasteiger charge is -2.37. The topological polar surface area (TPSA) is 20.2 Å². The molecule has 3 heterocycles. The molecule has 4 heteroatoms. The van der Waals surface area contributed by atoms with E-state index >= 15 is 0 Å². The minimum atomic E-state index is -0.150. The van der Waals surface area contributed by atoms with Crippen LogP contribution in [0.4, 0.5) is 28.4 Å². The molecule has 0 fully saturated rings. The maximum absolute atomic E-state index is 3.98. The van der Waals surface area contributed by atoms with Crippen LogP contribution in [-0.4, -0.2) is 11.8 Å². The second-order valence-corrected chi connectivity index (χ2v) is 19.5. The largest absolute Gasteiger partial charge is 0.355 e. The summed E-state index contributed by atoms with van der Waals surface area (Å²) < 4.78 is 2.67. The van der Waals surface area contributed by atoms with Crippen LogP contribution in [0.1, 0.15) is 55.5 Å². The summed E-state index contributed by atoms with van der Waals surface area (Å²) in [5.41, 5.74) is 26.4. The third kappa shape index (κ3) is 5.44. The number of rotatable bonds is 7. The summed E-state index contributed by atoms with van der Waals surface area (Å²) in [7, 11) is 0.842. The van der Waals surface area contributed by atoms with E-state index in [1.165, 1.54) is 99.6 Å². The highest BCUT2D eigenvalue weighted by molar-refractivity contribution is 6.73. The number of hydrogen-bond acceptors (Lipinski definition) is 2. The van der Waals surface area contributed by atoms with Gasteiger partial charge in [-0.25, -0.2) is 0 Å². The van der Waals surface area contributed by atoms with Crippen molar-refractivity contribution < 1.29 is 0 Å². The van der Waals surface area contributed by atoms with Crippen molar-refractivity contribution in [3.05, 3.63) is 216 Å². The Bertz CT molecular complexity index is 3560. The highest BCUT2D eigenvalue weighted by Crippen LogP contribution is 2.53. The van der Waals surface area contributed by atoms with Crippen molar-refractivity contribution in [2.45, 2.75) is 45.4 Å². The predicted octanol–water partition coefficient (Wildman–Crippen LogP) is 14.3. The quantitative estimate of drug-likeness (QED) is 0.161. The van der Waals surface area contributed by atoms with Gasteiger partial charge in [0.25, 0.3) is 0 Å². The summed E-state index contributed by atoms with van der Waals surface area (Å²) in [5, 5.41) is 6.65. The summed E-state index contributed by atoms with van der Waals surface area (Å²) >= 11 is 0. The molecule has 2 aliphatic heterocycles. The minimum absolute atomic E-state index is 0.0727. The zero-order valence-corrected chi connectivity index (χ0v) is 37.5. The van der Waals surface area contributed by atoms with E-state index in [4.69, 9.17) is 0 Å². The fourth-order valence-electron chi connectivity index (χ4n) is 11.8. The summed E-state index contributed by atoms with van der Waals surface area (Å²) in [6.45, 7) is 11.7. The van der Waals surface area contributed by atoms with Crippen LogP contribution in [0.3, 0.4) is 0 Å². The van der Waals surface area contributed by atoms with Gasteiger partial charge in [0.2, 0.25) is 0 Å². The maximum atomic E-state index is 3.98. The van der Waals surface area contributed by atoms with Gasteiger partial charge < -0.3 is 14.8 Å². The van der Waals surface area contributed by atoms with E-state index in [1.54, 1.807) is 0 Å². The molecule has 1 N–H and O–H groups in total. The molecule has 3 aliphatic rings. The van der Waals surface area contributed by atoms with Crippen LogP contribution in [0.15, 0.2) is 188 Å². The highest BCUT2D eigenvalue weighted by atomic mass is 15.1. The number of aromatic nitrogens is 1. The van der Waals surface area contributed by atoms with Gasteiger partial charge >= 0.3 is 0 Å². The van der Waals surface area contributed by atoms with Crippen molar-refractivity contribution in [3.8, 4) is 39.1 Å². The second-order valence-electron chi connectivity index (χ2n) is 19.5. The second kappa shape index (κ2) is 13.7. The molecule has 0 atom stereocenters. The SMILES string of the molecule is Cc1ccc(Nc2cc(N(c3ccccc3)c3ccccc3)ccc2-c2cc(-c3ccc4c(c3)-c3ccccc3C4(C)C)c3c4cccc5c4n4c3c2Bc2cccc(c2-4)C5(C)C)cc1. The van der Waals surface area contributed by atoms with Gasteiger partial charge in [0.15, 0.2) is 7.28 Å². The molecular formula is C61H48BN3. The molecule has 9 aromatic carbocycles. The Morgan fingerprint density at radius 2 is 1.14 bits per heavy atom. The van der Waals surface area contributed by atoms with E-state index in [9.17, 15) is 0 Å². The summed E-state index contributed by atoms with van der Waals surface area (Å²) in [6.07, 6.45) is 0. The number of fused-ring (bicyclic) bond motifs is 4. The zero-order valence-electron chi connectivity index (χ0n) is 37.5. The maximum Gasteiger partial charge on any atom is 0.198 e. The Labute approximate surface area is 381 Å². The van der Waals surface area contributed by atoms with Crippen molar-refractivity contribution in [3.63, 3.8) is 0 Å². The Kier molecular flexibility index (Phi) is 8.01. The van der Waals surface area contributed by atoms with Gasteiger partial charge in [-0.2, -0.15) is 0 Å². The molecule has 13 rings (SSSR count). The van der Waals surface area contributed by atoms with E-state index in [1.807, 2.05) is 0 Å². The molecule has 0 amide bonds. The van der Waals surface area contributed by atoms with E-state index in [2.05, 4.69) is 237 Å². The molecule has 3 nitrogen and oxygen atoms in total. The van der Waals surface area contributed by atoms with E-state index in [0.717, 1.165) is 35.7 Å². The third-order valence-electron chi connectivity index (χ3n) is 15.0. The molecule has 65 heavy (non-hydrogen) atoms. The first-order chi connectivity index (χ1) is 31.7. The van der Waals surface area contributed by atoms with Gasteiger partial charge in [-0.3, -0.25) is 0 Å². The first kappa shape index (κ1) is 38.0. The number of benzene rings is 9. The lowest BCUT2D eigenvalue weighted by Crippen LogP contribution is -2.41. The van der Waals surface area contributed by atoms with Crippen LogP contribution in [0.2, 0.25) is 0 Å². The molecule has 1 aromatic heterocycles. The lowest BCUT2D eigenvalue weighted by atomic mass is 9.57. The standard InChI is InChI=1S/C61H48BN3/c1-37-26-29-39(30-27-37)63-54-35-42(64(40-16-8-6-9-17-40)41-18-10-7-11-19-41)31-32-44(54)48-36-46(38-28-33-50-47(34-38)43-20-12-13-22-49(43)60(50,2)3)55-45-21-14-23-51-57(45)65-58-52(61(51,4)5)24-15-25-53(58)62-56(48)59(55)65/h6-36,62-63H,1-5H3. The van der Waals surface area contributed by atoms with Crippen LogP contribution >= 0.6 is 0 Å². The van der Waals surface area contributed by atoms with Gasteiger partial charge in [-0.15, -0.1) is 0 Å². The fourth-order valence-corrected chi connectivity index (χ4v) is 11.8. The van der Waals surface area contributed by atoms with Crippen LogP contribution in [0, 0.1) is 6.92 Å². The number of hydrogen-bond donors (Lipinski definition) is 1. The molecule has 0 saturated carbocycles. The third-order valence-corrected chi connectivity index (χ3v) is 15.0. The predicted molar refractivity (Wildman–Crippen MR) is 277 cm³/mol. The van der Waals surface area contributed by atoms with Crippen molar-refractivity contribution in [1.29, 1.82) is 0 Å². The van der Waals surface area contributed by atoms with Crippen molar-refractivity contribution >= 4 is 68.4 Å². The molecule has 310 valence electrons. The normalized spacial score (nSPS) is 14.3. The molecule has 0 saturated heterocycles. The van der Waals surface area contributed by atoms with E-state index < -0.39 is 0 Å². The monoisotopic (exact) mass is 833 g/mol. The first-order valence-corrected chi connectivity index (χ1v) is 23.1. The van der Waals surface area contributed by atoms with Gasteiger partial charge in [-0.1, -0.05) is 166 Å². The zero-order chi connectivity index (χ0) is 43.8. The van der Waals surface area contributed by atoms with Gasteiger partial charge in [0.1, 0.15) is 0 Å². The van der Waals surface area contributed by atoms with Crippen LogP contribution < -0.4 is 21.1 Å². The minimum Gasteiger partial charge on any atom is -0.355 e. The Balaban J connectivity index is 1.13. The molecule has 10 aromatic rings. The van der Waals surface area contributed by atoms with Crippen molar-refractivity contribution in [2.24, 2.45) is 0 Å². The highest BCUT2D eigenvalue weighted by Gasteiger charge is 2.40. The fraction of sp³-hybridized carbons (Fsp3) is 0.115. The van der Waals surface area contributed by atoms with Crippen LogP contribution in [0.25, 0.3) is 60.9 Å². The molecule has 1 aliphatic carbocycles. The van der Waals surface area contributed by atoms with Crippen LogP contribution in [0.5, 0.6) is 0 Å². The molecule has 0 radical (unpaired) electrons. The Morgan fingerprint density at radius 1 is 0.477 bits per heavy atom. The smallest absolute Gasteiger partial charge is 0.198 e.